The van der Waals surface area contributed by atoms with E-state index in [9.17, 15) is 0 Å². The Hall–Kier alpha value is -7.54. The van der Waals surface area contributed by atoms with Gasteiger partial charge in [-0.25, -0.2) is 0 Å². The normalized spacial score (nSPS) is 17.5. The second-order valence-electron chi connectivity index (χ2n) is 19.1. The van der Waals surface area contributed by atoms with Gasteiger partial charge >= 0.3 is 0 Å². The summed E-state index contributed by atoms with van der Waals surface area (Å²) in [4.78, 5) is 0. The van der Waals surface area contributed by atoms with Gasteiger partial charge in [0.1, 0.15) is 0 Å². The molecular formula is C66H50. The van der Waals surface area contributed by atoms with E-state index in [0.717, 1.165) is 29.7 Å². The Labute approximate surface area is 387 Å². The van der Waals surface area contributed by atoms with E-state index in [1.54, 1.807) is 11.1 Å². The van der Waals surface area contributed by atoms with Crippen LogP contribution < -0.4 is 10.4 Å². The number of hydrogen-bond acceptors (Lipinski definition) is 0. The summed E-state index contributed by atoms with van der Waals surface area (Å²) in [5, 5.41) is 12.4. The average Bonchev–Trinajstić information content (AvgIpc) is 4.16. The molecule has 0 aliphatic heterocycles. The van der Waals surface area contributed by atoms with Gasteiger partial charge in [-0.05, 0) is 187 Å². The summed E-state index contributed by atoms with van der Waals surface area (Å²) >= 11 is 0. The minimum atomic E-state index is 0.537. The first-order valence-electron chi connectivity index (χ1n) is 23.9. The van der Waals surface area contributed by atoms with Crippen molar-refractivity contribution in [2.45, 2.75) is 44.4 Å². The lowest BCUT2D eigenvalue weighted by Gasteiger charge is -2.28. The second-order valence-corrected chi connectivity index (χ2v) is 19.1. The molecule has 3 unspecified atom stereocenters. The van der Waals surface area contributed by atoms with Crippen LogP contribution >= 0.6 is 0 Å². The van der Waals surface area contributed by atoms with E-state index in [4.69, 9.17) is 6.58 Å². The predicted molar refractivity (Wildman–Crippen MR) is 282 cm³/mol. The number of rotatable bonds is 7. The minimum absolute atomic E-state index is 0.537. The van der Waals surface area contributed by atoms with Crippen LogP contribution in [-0.2, 0) is 12.8 Å². The van der Waals surface area contributed by atoms with E-state index in [1.807, 2.05) is 0 Å². The van der Waals surface area contributed by atoms with Crippen molar-refractivity contribution < 1.29 is 0 Å². The first-order chi connectivity index (χ1) is 32.6. The summed E-state index contributed by atoms with van der Waals surface area (Å²) in [7, 11) is 0. The minimum Gasteiger partial charge on any atom is -0.0911 e. The highest BCUT2D eigenvalue weighted by molar-refractivity contribution is 6.22. The Morgan fingerprint density at radius 3 is 1.97 bits per heavy atom. The molecule has 66 heavy (non-hydrogen) atoms. The molecule has 314 valence electrons. The van der Waals surface area contributed by atoms with Gasteiger partial charge in [0, 0.05) is 0 Å². The Kier molecular flexibility index (Phi) is 9.17. The molecule has 3 aliphatic carbocycles. The Balaban J connectivity index is 1.04. The maximum absolute atomic E-state index is 4.78. The quantitative estimate of drug-likeness (QED) is 0.140. The van der Waals surface area contributed by atoms with Crippen LogP contribution in [0.5, 0.6) is 0 Å². The van der Waals surface area contributed by atoms with Crippen LogP contribution in [0, 0.1) is 5.92 Å². The molecule has 0 aromatic heterocycles. The fourth-order valence-corrected chi connectivity index (χ4v) is 11.9. The van der Waals surface area contributed by atoms with Crippen LogP contribution in [-0.4, -0.2) is 0 Å². The lowest BCUT2D eigenvalue weighted by atomic mass is 9.75. The molecule has 0 radical (unpaired) electrons. The molecule has 0 nitrogen and oxygen atoms in total. The molecule has 0 N–H and O–H groups in total. The van der Waals surface area contributed by atoms with Crippen molar-refractivity contribution >= 4 is 67.4 Å². The molecule has 10 aromatic carbocycles. The number of hydrogen-bond donors (Lipinski definition) is 0. The zero-order valence-corrected chi connectivity index (χ0v) is 37.4. The molecule has 0 heteroatoms. The van der Waals surface area contributed by atoms with Crippen molar-refractivity contribution in [1.82, 2.24) is 0 Å². The van der Waals surface area contributed by atoms with Crippen LogP contribution in [0.4, 0.5) is 0 Å². The number of aryl methyl sites for hydroxylation is 2. The van der Waals surface area contributed by atoms with Gasteiger partial charge < -0.3 is 0 Å². The molecule has 0 spiro atoms. The monoisotopic (exact) mass is 842 g/mol. The van der Waals surface area contributed by atoms with E-state index >= 15 is 0 Å². The SMILES string of the molecule is C=c1ccc(-c2c3ccccc3c(-c3cc4c(c5c3C=CC3CC53)C(C)CC=C4)c3ccccc23)c/c1=C(\c1ccc2ccccc2c1)c1ccccc1CCc1ccc2ccccc2c1. The van der Waals surface area contributed by atoms with Crippen molar-refractivity contribution in [2.24, 2.45) is 5.92 Å². The Morgan fingerprint density at radius 2 is 1.21 bits per heavy atom. The highest BCUT2D eigenvalue weighted by atomic mass is 14.5. The van der Waals surface area contributed by atoms with Gasteiger partial charge in [0.05, 0.1) is 0 Å². The number of fused-ring (bicyclic) bond motifs is 9. The molecule has 10 aromatic rings. The summed E-state index contributed by atoms with van der Waals surface area (Å²) in [6, 6.07) is 68.3. The maximum Gasteiger partial charge on any atom is -0.00200 e. The standard InChI is InChI=1S/C66H50/c1-41-26-29-52(39-59(41)63(51-33-32-45-16-4-6-19-48(45)37-51)53-21-8-7-17-46(53)31-28-43-27-30-44-15-3-5-18-47(44)36-43)64-54-22-9-11-24-56(54)65(57-25-12-10-23-55(57)64)61-40-50-20-13-14-42(2)62(50)66-58(61)35-34-49-38-60(49)66/h3-13,15-27,29-30,32-37,39-40,42,49,60H,1,14,28,31,38H2,2H3/b63-59-. The fraction of sp³-hybridized carbons (Fsp3) is 0.121. The smallest absolute Gasteiger partial charge is 0.00200 e. The van der Waals surface area contributed by atoms with Gasteiger partial charge in [-0.2, -0.15) is 0 Å². The highest BCUT2D eigenvalue weighted by Gasteiger charge is 2.43. The van der Waals surface area contributed by atoms with Gasteiger partial charge in [0.25, 0.3) is 0 Å². The lowest BCUT2D eigenvalue weighted by Crippen LogP contribution is -2.27. The van der Waals surface area contributed by atoms with E-state index in [1.165, 1.54) is 111 Å². The Morgan fingerprint density at radius 1 is 0.561 bits per heavy atom. The van der Waals surface area contributed by atoms with Gasteiger partial charge in [-0.15, -0.1) is 0 Å². The van der Waals surface area contributed by atoms with Crippen LogP contribution in [0.1, 0.15) is 76.1 Å². The first-order valence-corrected chi connectivity index (χ1v) is 23.9. The van der Waals surface area contributed by atoms with E-state index in [2.05, 4.69) is 213 Å². The summed E-state index contributed by atoms with van der Waals surface area (Å²) < 4.78 is 0. The van der Waals surface area contributed by atoms with E-state index < -0.39 is 0 Å². The summed E-state index contributed by atoms with van der Waals surface area (Å²) in [5.74, 6) is 1.86. The molecule has 3 atom stereocenters. The zero-order chi connectivity index (χ0) is 43.9. The first kappa shape index (κ1) is 38.9. The van der Waals surface area contributed by atoms with Crippen molar-refractivity contribution in [3.8, 4) is 22.3 Å². The van der Waals surface area contributed by atoms with Crippen molar-refractivity contribution in [3.05, 3.63) is 249 Å². The molecule has 0 amide bonds. The molecule has 0 bridgehead atoms. The zero-order valence-electron chi connectivity index (χ0n) is 37.4. The average molecular weight is 843 g/mol. The molecular weight excluding hydrogens is 793 g/mol. The van der Waals surface area contributed by atoms with Gasteiger partial charge in [0.15, 0.2) is 0 Å². The highest BCUT2D eigenvalue weighted by Crippen LogP contribution is 2.58. The van der Waals surface area contributed by atoms with Crippen molar-refractivity contribution in [1.29, 1.82) is 0 Å². The van der Waals surface area contributed by atoms with Crippen molar-refractivity contribution in [3.63, 3.8) is 0 Å². The number of benzene rings is 10. The largest absolute Gasteiger partial charge is 0.0911 e. The molecule has 1 fully saturated rings. The summed E-state index contributed by atoms with van der Waals surface area (Å²) in [6.45, 7) is 7.21. The van der Waals surface area contributed by atoms with Crippen LogP contribution in [0.3, 0.4) is 0 Å². The summed E-state index contributed by atoms with van der Waals surface area (Å²) in [6.07, 6.45) is 14.0. The third-order valence-electron chi connectivity index (χ3n) is 15.2. The third-order valence-corrected chi connectivity index (χ3v) is 15.2. The maximum atomic E-state index is 4.78. The topological polar surface area (TPSA) is 0 Å². The lowest BCUT2D eigenvalue weighted by molar-refractivity contribution is 0.752. The van der Waals surface area contributed by atoms with Gasteiger partial charge in [-0.3, -0.25) is 0 Å². The predicted octanol–water partition coefficient (Wildman–Crippen LogP) is 15.7. The molecule has 0 heterocycles. The number of allylic oxidation sites excluding steroid dienone is 2. The Bertz CT molecular complexity index is 3760. The molecule has 1 saturated carbocycles. The van der Waals surface area contributed by atoms with Gasteiger partial charge in [0.2, 0.25) is 0 Å². The molecule has 0 saturated heterocycles. The fourth-order valence-electron chi connectivity index (χ4n) is 11.9. The van der Waals surface area contributed by atoms with Gasteiger partial charge in [-0.1, -0.05) is 202 Å². The van der Waals surface area contributed by atoms with Crippen molar-refractivity contribution in [2.75, 3.05) is 0 Å². The van der Waals surface area contributed by atoms with Crippen LogP contribution in [0.15, 0.2) is 194 Å². The molecule has 13 rings (SSSR count). The summed E-state index contributed by atoms with van der Waals surface area (Å²) in [5.41, 5.74) is 17.6. The molecule has 3 aliphatic rings. The van der Waals surface area contributed by atoms with Crippen LogP contribution in [0.25, 0.3) is 89.6 Å². The van der Waals surface area contributed by atoms with E-state index in [0.29, 0.717) is 17.8 Å². The van der Waals surface area contributed by atoms with Crippen LogP contribution in [0.2, 0.25) is 0 Å². The van der Waals surface area contributed by atoms with E-state index in [-0.39, 0.29) is 0 Å². The second kappa shape index (κ2) is 15.6. The third kappa shape index (κ3) is 6.42.